The lowest BCUT2D eigenvalue weighted by Gasteiger charge is -2.25. The van der Waals surface area contributed by atoms with Gasteiger partial charge in [0.2, 0.25) is 0 Å². The first-order valence-electron chi connectivity index (χ1n) is 11.3. The zero-order valence-electron chi connectivity index (χ0n) is 20.0. The molecule has 0 aliphatic carbocycles. The Balaban J connectivity index is 1.90. The Morgan fingerprint density at radius 2 is 1.71 bits per heavy atom. The normalized spacial score (nSPS) is 11.4. The molecule has 4 nitrogen and oxygen atoms in total. The highest BCUT2D eigenvalue weighted by atomic mass is 35.5. The van der Waals surface area contributed by atoms with Gasteiger partial charge < -0.3 is 10.2 Å². The van der Waals surface area contributed by atoms with Crippen molar-refractivity contribution < 1.29 is 9.18 Å². The van der Waals surface area contributed by atoms with Crippen molar-refractivity contribution in [3.8, 4) is 0 Å². The van der Waals surface area contributed by atoms with Crippen molar-refractivity contribution in [2.75, 3.05) is 18.4 Å². The van der Waals surface area contributed by atoms with Gasteiger partial charge in [-0.2, -0.15) is 0 Å². The minimum Gasteiger partial charge on any atom is -0.370 e. The average molecular weight is 502 g/mol. The van der Waals surface area contributed by atoms with Crippen LogP contribution in [0, 0.1) is 5.82 Å². The minimum absolute atomic E-state index is 0.0375. The molecule has 1 N–H and O–H groups in total. The molecule has 0 saturated heterocycles. The maximum absolute atomic E-state index is 14.0. The summed E-state index contributed by atoms with van der Waals surface area (Å²) in [6, 6.07) is 14.9. The van der Waals surface area contributed by atoms with Gasteiger partial charge in [-0.1, -0.05) is 74.3 Å². The molecule has 34 heavy (non-hydrogen) atoms. The molecule has 1 aromatic heterocycles. The fraction of sp³-hybridized carbons (Fsp3) is 0.333. The van der Waals surface area contributed by atoms with Crippen LogP contribution in [0.15, 0.2) is 54.7 Å². The highest BCUT2D eigenvalue weighted by Gasteiger charge is 2.22. The Kier molecular flexibility index (Phi) is 8.56. The molecule has 0 atom stereocenters. The Hall–Kier alpha value is -2.63. The third kappa shape index (κ3) is 6.71. The van der Waals surface area contributed by atoms with Crippen LogP contribution in [0.1, 0.15) is 54.7 Å². The van der Waals surface area contributed by atoms with E-state index >= 15 is 0 Å². The van der Waals surface area contributed by atoms with E-state index in [9.17, 15) is 9.18 Å². The second-order valence-corrected chi connectivity index (χ2v) is 10.1. The van der Waals surface area contributed by atoms with E-state index in [2.05, 4.69) is 43.2 Å². The number of amides is 1. The second kappa shape index (κ2) is 11.2. The molecular formula is C27H30Cl2FN3O. The standard InChI is InChI=1S/C27H30Cl2FN3O/c1-5-31-25-22(15-21(30)16-32-25)26(34)33(13-12-18-8-11-23(28)24(29)14-18)17-19-6-9-20(10-7-19)27(2,3)4/h6-11,14-16H,5,12-13,17H2,1-4H3,(H,31,32). The lowest BCUT2D eigenvalue weighted by Crippen LogP contribution is -2.33. The van der Waals surface area contributed by atoms with E-state index in [0.29, 0.717) is 41.9 Å². The summed E-state index contributed by atoms with van der Waals surface area (Å²) >= 11 is 12.2. The van der Waals surface area contributed by atoms with Gasteiger partial charge in [0.15, 0.2) is 0 Å². The number of nitrogens with one attached hydrogen (secondary N) is 1. The monoisotopic (exact) mass is 501 g/mol. The zero-order valence-corrected chi connectivity index (χ0v) is 21.5. The molecular weight excluding hydrogens is 472 g/mol. The topological polar surface area (TPSA) is 45.2 Å². The number of hydrogen-bond donors (Lipinski definition) is 1. The van der Waals surface area contributed by atoms with Gasteiger partial charge in [-0.3, -0.25) is 4.79 Å². The molecule has 3 rings (SSSR count). The summed E-state index contributed by atoms with van der Waals surface area (Å²) in [5.41, 5.74) is 3.41. The number of hydrogen-bond acceptors (Lipinski definition) is 3. The Morgan fingerprint density at radius 1 is 1.03 bits per heavy atom. The zero-order chi connectivity index (χ0) is 24.9. The van der Waals surface area contributed by atoms with E-state index in [1.165, 1.54) is 11.6 Å². The highest BCUT2D eigenvalue weighted by Crippen LogP contribution is 2.25. The largest absolute Gasteiger partial charge is 0.370 e. The number of carbonyl (C=O) groups excluding carboxylic acids is 1. The summed E-state index contributed by atoms with van der Waals surface area (Å²) in [6.45, 7) is 9.75. The van der Waals surface area contributed by atoms with Crippen molar-refractivity contribution >= 4 is 34.9 Å². The fourth-order valence-corrected chi connectivity index (χ4v) is 3.94. The molecule has 1 amide bonds. The Labute approximate surface area is 211 Å². The van der Waals surface area contributed by atoms with E-state index in [1.54, 1.807) is 17.0 Å². The smallest absolute Gasteiger partial charge is 0.258 e. The fourth-order valence-electron chi connectivity index (χ4n) is 3.62. The first-order valence-corrected chi connectivity index (χ1v) is 12.1. The van der Waals surface area contributed by atoms with Gasteiger partial charge in [0.25, 0.3) is 5.91 Å². The number of aromatic nitrogens is 1. The number of benzene rings is 2. The van der Waals surface area contributed by atoms with Crippen molar-refractivity contribution in [1.29, 1.82) is 0 Å². The predicted octanol–water partition coefficient (Wildman–Crippen LogP) is 7.14. The van der Waals surface area contributed by atoms with Crippen LogP contribution >= 0.6 is 23.2 Å². The SMILES string of the molecule is CCNc1ncc(F)cc1C(=O)N(CCc1ccc(Cl)c(Cl)c1)Cc1ccc(C(C)(C)C)cc1. The summed E-state index contributed by atoms with van der Waals surface area (Å²) in [6.07, 6.45) is 1.68. The summed E-state index contributed by atoms with van der Waals surface area (Å²) in [5, 5.41) is 4.01. The Bertz CT molecular complexity index is 1140. The number of nitrogens with zero attached hydrogens (tertiary/aromatic N) is 2. The van der Waals surface area contributed by atoms with Crippen molar-refractivity contribution in [2.24, 2.45) is 0 Å². The first-order chi connectivity index (χ1) is 16.1. The third-order valence-electron chi connectivity index (χ3n) is 5.56. The van der Waals surface area contributed by atoms with Crippen LogP contribution in [0.5, 0.6) is 0 Å². The highest BCUT2D eigenvalue weighted by molar-refractivity contribution is 6.42. The number of halogens is 3. The van der Waals surface area contributed by atoms with E-state index in [1.807, 2.05) is 25.1 Å². The minimum atomic E-state index is -0.552. The molecule has 3 aromatic rings. The van der Waals surface area contributed by atoms with Crippen molar-refractivity contribution in [1.82, 2.24) is 9.88 Å². The molecule has 1 heterocycles. The maximum atomic E-state index is 14.0. The summed E-state index contributed by atoms with van der Waals surface area (Å²) in [5.74, 6) is -0.469. The molecule has 7 heteroatoms. The second-order valence-electron chi connectivity index (χ2n) is 9.25. The number of pyridine rings is 1. The number of carbonyl (C=O) groups is 1. The van der Waals surface area contributed by atoms with Gasteiger partial charge in [-0.05, 0) is 53.6 Å². The first kappa shape index (κ1) is 26.0. The Morgan fingerprint density at radius 3 is 2.32 bits per heavy atom. The van der Waals surface area contributed by atoms with Crippen molar-refractivity contribution in [3.05, 3.63) is 92.8 Å². The summed E-state index contributed by atoms with van der Waals surface area (Å²) in [4.78, 5) is 19.4. The lowest BCUT2D eigenvalue weighted by molar-refractivity contribution is 0.0745. The van der Waals surface area contributed by atoms with E-state index in [0.717, 1.165) is 17.3 Å². The molecule has 0 aliphatic rings. The van der Waals surface area contributed by atoms with Gasteiger partial charge in [-0.15, -0.1) is 0 Å². The quantitative estimate of drug-likeness (QED) is 0.356. The van der Waals surface area contributed by atoms with E-state index in [4.69, 9.17) is 23.2 Å². The molecule has 0 unspecified atom stereocenters. The molecule has 0 fully saturated rings. The molecule has 180 valence electrons. The van der Waals surface area contributed by atoms with Gasteiger partial charge >= 0.3 is 0 Å². The van der Waals surface area contributed by atoms with Crippen LogP contribution < -0.4 is 5.32 Å². The summed E-state index contributed by atoms with van der Waals surface area (Å²) < 4.78 is 14.0. The third-order valence-corrected chi connectivity index (χ3v) is 6.30. The van der Waals surface area contributed by atoms with Crippen LogP contribution in [-0.2, 0) is 18.4 Å². The number of anilines is 1. The van der Waals surface area contributed by atoms with Crippen molar-refractivity contribution in [2.45, 2.75) is 46.1 Å². The van der Waals surface area contributed by atoms with Crippen LogP contribution in [0.3, 0.4) is 0 Å². The van der Waals surface area contributed by atoms with E-state index < -0.39 is 5.82 Å². The van der Waals surface area contributed by atoms with Gasteiger partial charge in [0, 0.05) is 19.6 Å². The maximum Gasteiger partial charge on any atom is 0.258 e. The van der Waals surface area contributed by atoms with Crippen LogP contribution in [-0.4, -0.2) is 28.9 Å². The molecule has 0 saturated carbocycles. The molecule has 0 aliphatic heterocycles. The average Bonchev–Trinajstić information content (AvgIpc) is 2.79. The molecule has 0 radical (unpaired) electrons. The van der Waals surface area contributed by atoms with Crippen LogP contribution in [0.2, 0.25) is 10.0 Å². The summed E-state index contributed by atoms with van der Waals surface area (Å²) in [7, 11) is 0. The molecule has 0 spiro atoms. The van der Waals surface area contributed by atoms with Crippen LogP contribution in [0.4, 0.5) is 10.2 Å². The molecule has 2 aromatic carbocycles. The van der Waals surface area contributed by atoms with Gasteiger partial charge in [-0.25, -0.2) is 9.37 Å². The van der Waals surface area contributed by atoms with E-state index in [-0.39, 0.29) is 16.9 Å². The van der Waals surface area contributed by atoms with Gasteiger partial charge in [0.05, 0.1) is 21.8 Å². The predicted molar refractivity (Wildman–Crippen MR) is 138 cm³/mol. The number of rotatable bonds is 8. The lowest BCUT2D eigenvalue weighted by atomic mass is 9.87. The van der Waals surface area contributed by atoms with Crippen LogP contribution in [0.25, 0.3) is 0 Å². The van der Waals surface area contributed by atoms with Crippen molar-refractivity contribution in [3.63, 3.8) is 0 Å². The van der Waals surface area contributed by atoms with Gasteiger partial charge in [0.1, 0.15) is 11.6 Å². The molecule has 0 bridgehead atoms.